The van der Waals surface area contributed by atoms with Gasteiger partial charge in [-0.15, -0.1) is 0 Å². The van der Waals surface area contributed by atoms with Crippen molar-refractivity contribution in [3.63, 3.8) is 0 Å². The summed E-state index contributed by atoms with van der Waals surface area (Å²) >= 11 is 0. The van der Waals surface area contributed by atoms with Crippen molar-refractivity contribution in [2.75, 3.05) is 6.54 Å². The Morgan fingerprint density at radius 1 is 1.50 bits per heavy atom. The molecule has 0 saturated heterocycles. The summed E-state index contributed by atoms with van der Waals surface area (Å²) in [4.78, 5) is 0. The van der Waals surface area contributed by atoms with Crippen molar-refractivity contribution in [3.05, 3.63) is 12.2 Å². The molecule has 0 aromatic heterocycles. The first-order chi connectivity index (χ1) is 4.79. The molecule has 1 heteroatoms. The number of allylic oxidation sites excluding steroid dienone is 1. The lowest BCUT2D eigenvalue weighted by Crippen LogP contribution is -2.15. The van der Waals surface area contributed by atoms with Crippen LogP contribution in [0.3, 0.4) is 0 Å². The highest BCUT2D eigenvalue weighted by molar-refractivity contribution is 4.90. The third-order valence-corrected chi connectivity index (χ3v) is 1.62. The summed E-state index contributed by atoms with van der Waals surface area (Å²) in [6, 6.07) is 0.844. The zero-order chi connectivity index (χ0) is 7.40. The lowest BCUT2D eigenvalue weighted by molar-refractivity contribution is 0.744. The summed E-state index contributed by atoms with van der Waals surface area (Å²) < 4.78 is 0. The molecule has 0 aromatic carbocycles. The summed E-state index contributed by atoms with van der Waals surface area (Å²) in [6.45, 7) is 5.46. The van der Waals surface area contributed by atoms with E-state index in [0.717, 1.165) is 12.6 Å². The van der Waals surface area contributed by atoms with Gasteiger partial charge in [-0.1, -0.05) is 26.0 Å². The van der Waals surface area contributed by atoms with Crippen LogP contribution in [0.2, 0.25) is 0 Å². The average Bonchev–Trinajstić information content (AvgIpc) is 2.62. The predicted octanol–water partition coefficient (Wildman–Crippen LogP) is 1.95. The normalized spacial score (nSPS) is 19.1. The van der Waals surface area contributed by atoms with E-state index in [4.69, 9.17) is 0 Å². The molecule has 1 aliphatic carbocycles. The SMILES string of the molecule is CC(C)C=CCNC1CC1. The van der Waals surface area contributed by atoms with Gasteiger partial charge in [-0.2, -0.15) is 0 Å². The van der Waals surface area contributed by atoms with Crippen LogP contribution < -0.4 is 5.32 Å². The highest BCUT2D eigenvalue weighted by Crippen LogP contribution is 2.17. The molecule has 0 radical (unpaired) electrons. The van der Waals surface area contributed by atoms with Gasteiger partial charge in [-0.05, 0) is 18.8 Å². The molecule has 1 nitrogen and oxygen atoms in total. The van der Waals surface area contributed by atoms with E-state index in [2.05, 4.69) is 31.3 Å². The van der Waals surface area contributed by atoms with Crippen molar-refractivity contribution >= 4 is 0 Å². The maximum Gasteiger partial charge on any atom is 0.0137 e. The number of hydrogen-bond acceptors (Lipinski definition) is 1. The maximum atomic E-state index is 3.43. The lowest BCUT2D eigenvalue weighted by atomic mass is 10.2. The zero-order valence-corrected chi connectivity index (χ0v) is 6.93. The minimum atomic E-state index is 0.695. The minimum absolute atomic E-state index is 0.695. The van der Waals surface area contributed by atoms with E-state index in [1.165, 1.54) is 12.8 Å². The Bertz CT molecular complexity index is 112. The van der Waals surface area contributed by atoms with Gasteiger partial charge < -0.3 is 5.32 Å². The van der Waals surface area contributed by atoms with Gasteiger partial charge in [0, 0.05) is 12.6 Å². The second-order valence-electron chi connectivity index (χ2n) is 3.35. The van der Waals surface area contributed by atoms with Crippen LogP contribution in [0.1, 0.15) is 26.7 Å². The first kappa shape index (κ1) is 7.80. The molecule has 1 aliphatic rings. The van der Waals surface area contributed by atoms with Crippen LogP contribution in [0.5, 0.6) is 0 Å². The summed E-state index contributed by atoms with van der Waals surface area (Å²) in [5, 5.41) is 3.43. The highest BCUT2D eigenvalue weighted by atomic mass is 14.9. The van der Waals surface area contributed by atoms with Gasteiger partial charge in [0.15, 0.2) is 0 Å². The molecule has 1 fully saturated rings. The third kappa shape index (κ3) is 3.67. The molecule has 58 valence electrons. The van der Waals surface area contributed by atoms with Crippen LogP contribution in [-0.2, 0) is 0 Å². The molecule has 10 heavy (non-hydrogen) atoms. The van der Waals surface area contributed by atoms with Crippen LogP contribution in [-0.4, -0.2) is 12.6 Å². The molecule has 0 aliphatic heterocycles. The van der Waals surface area contributed by atoms with Gasteiger partial charge in [-0.3, -0.25) is 0 Å². The Hall–Kier alpha value is -0.300. The van der Waals surface area contributed by atoms with E-state index in [9.17, 15) is 0 Å². The van der Waals surface area contributed by atoms with Gasteiger partial charge in [-0.25, -0.2) is 0 Å². The fraction of sp³-hybridized carbons (Fsp3) is 0.778. The Balaban J connectivity index is 1.92. The van der Waals surface area contributed by atoms with Gasteiger partial charge in [0.1, 0.15) is 0 Å². The summed E-state index contributed by atoms with van der Waals surface area (Å²) in [5.41, 5.74) is 0. The van der Waals surface area contributed by atoms with E-state index in [1.807, 2.05) is 0 Å². The maximum absolute atomic E-state index is 3.43. The van der Waals surface area contributed by atoms with E-state index in [1.54, 1.807) is 0 Å². The standard InChI is InChI=1S/C9H17N/c1-8(2)4-3-7-10-9-5-6-9/h3-4,8-10H,5-7H2,1-2H3. The summed E-state index contributed by atoms with van der Waals surface area (Å²) in [7, 11) is 0. The molecule has 0 spiro atoms. The van der Waals surface area contributed by atoms with Crippen LogP contribution in [0.4, 0.5) is 0 Å². The largest absolute Gasteiger partial charge is 0.311 e. The smallest absolute Gasteiger partial charge is 0.0137 e. The molecule has 0 aromatic rings. The molecule has 0 heterocycles. The van der Waals surface area contributed by atoms with Crippen LogP contribution in [0, 0.1) is 5.92 Å². The van der Waals surface area contributed by atoms with Gasteiger partial charge in [0.05, 0.1) is 0 Å². The third-order valence-electron chi connectivity index (χ3n) is 1.62. The Morgan fingerprint density at radius 2 is 2.20 bits per heavy atom. The quantitative estimate of drug-likeness (QED) is 0.587. The van der Waals surface area contributed by atoms with Crippen molar-refractivity contribution < 1.29 is 0 Å². The lowest BCUT2D eigenvalue weighted by Gasteiger charge is -1.96. The van der Waals surface area contributed by atoms with Crippen molar-refractivity contribution in [1.29, 1.82) is 0 Å². The minimum Gasteiger partial charge on any atom is -0.311 e. The second-order valence-corrected chi connectivity index (χ2v) is 3.35. The second kappa shape index (κ2) is 3.77. The van der Waals surface area contributed by atoms with Crippen LogP contribution in [0.25, 0.3) is 0 Å². The molecule has 0 bridgehead atoms. The molecule has 0 unspecified atom stereocenters. The van der Waals surface area contributed by atoms with Crippen LogP contribution in [0.15, 0.2) is 12.2 Å². The van der Waals surface area contributed by atoms with Crippen LogP contribution >= 0.6 is 0 Å². The van der Waals surface area contributed by atoms with Gasteiger partial charge in [0.25, 0.3) is 0 Å². The molecular weight excluding hydrogens is 122 g/mol. The van der Waals surface area contributed by atoms with Gasteiger partial charge >= 0.3 is 0 Å². The van der Waals surface area contributed by atoms with Crippen molar-refractivity contribution in [2.45, 2.75) is 32.7 Å². The number of rotatable bonds is 4. The first-order valence-corrected chi connectivity index (χ1v) is 4.19. The monoisotopic (exact) mass is 139 g/mol. The van der Waals surface area contributed by atoms with E-state index in [0.29, 0.717) is 5.92 Å². The molecule has 0 atom stereocenters. The van der Waals surface area contributed by atoms with Crippen molar-refractivity contribution in [3.8, 4) is 0 Å². The van der Waals surface area contributed by atoms with Gasteiger partial charge in [0.2, 0.25) is 0 Å². The zero-order valence-electron chi connectivity index (χ0n) is 6.93. The Kier molecular flexibility index (Phi) is 2.94. The fourth-order valence-electron chi connectivity index (χ4n) is 0.862. The van der Waals surface area contributed by atoms with E-state index in [-0.39, 0.29) is 0 Å². The van der Waals surface area contributed by atoms with E-state index >= 15 is 0 Å². The van der Waals surface area contributed by atoms with Crippen molar-refractivity contribution in [1.82, 2.24) is 5.32 Å². The molecule has 1 N–H and O–H groups in total. The average molecular weight is 139 g/mol. The molecule has 1 rings (SSSR count). The summed E-state index contributed by atoms with van der Waals surface area (Å²) in [5.74, 6) is 0.695. The highest BCUT2D eigenvalue weighted by Gasteiger charge is 2.18. The fourth-order valence-corrected chi connectivity index (χ4v) is 0.862. The molecular formula is C9H17N. The Morgan fingerprint density at radius 3 is 2.70 bits per heavy atom. The topological polar surface area (TPSA) is 12.0 Å². The predicted molar refractivity (Wildman–Crippen MR) is 45.0 cm³/mol. The number of nitrogens with one attached hydrogen (secondary N) is 1. The summed E-state index contributed by atoms with van der Waals surface area (Å²) in [6.07, 6.45) is 7.24. The van der Waals surface area contributed by atoms with Crippen molar-refractivity contribution in [2.24, 2.45) is 5.92 Å². The number of hydrogen-bond donors (Lipinski definition) is 1. The Labute approximate surface area is 63.5 Å². The molecule has 1 saturated carbocycles. The van der Waals surface area contributed by atoms with E-state index < -0.39 is 0 Å². The first-order valence-electron chi connectivity index (χ1n) is 4.19. The molecule has 0 amide bonds.